The number of fused-ring (bicyclic) bond motifs is 1. The normalized spacial score (nSPS) is 11.7. The molecule has 0 spiro atoms. The quantitative estimate of drug-likeness (QED) is 0.351. The van der Waals surface area contributed by atoms with E-state index < -0.39 is 0 Å². The van der Waals surface area contributed by atoms with Crippen LogP contribution in [0.15, 0.2) is 47.7 Å². The summed E-state index contributed by atoms with van der Waals surface area (Å²) < 4.78 is 13.3. The van der Waals surface area contributed by atoms with E-state index in [2.05, 4.69) is 25.6 Å². The molecule has 0 bridgehead atoms. The molecule has 3 aromatic rings. The van der Waals surface area contributed by atoms with Crippen molar-refractivity contribution in [1.82, 2.24) is 20.6 Å². The second-order valence-electron chi connectivity index (χ2n) is 5.86. The maximum absolute atomic E-state index is 13.3. The van der Waals surface area contributed by atoms with Gasteiger partial charge >= 0.3 is 0 Å². The highest BCUT2D eigenvalue weighted by Gasteiger charge is 2.05. The average Bonchev–Trinajstić information content (AvgIpc) is 3.03. The van der Waals surface area contributed by atoms with E-state index in [0.717, 1.165) is 47.5 Å². The van der Waals surface area contributed by atoms with Crippen LogP contribution in [0.3, 0.4) is 0 Å². The fourth-order valence-corrected chi connectivity index (χ4v) is 2.80. The van der Waals surface area contributed by atoms with Crippen molar-refractivity contribution in [2.45, 2.75) is 19.9 Å². The molecule has 0 unspecified atom stereocenters. The number of guanidine groups is 1. The summed E-state index contributed by atoms with van der Waals surface area (Å²) in [4.78, 5) is 11.7. The van der Waals surface area contributed by atoms with Gasteiger partial charge in [-0.1, -0.05) is 17.7 Å². The summed E-state index contributed by atoms with van der Waals surface area (Å²) in [5.74, 6) is 0.510. The lowest BCUT2D eigenvalue weighted by Crippen LogP contribution is -2.38. The molecular formula is C19H21ClFN5. The molecule has 3 rings (SSSR count). The van der Waals surface area contributed by atoms with Gasteiger partial charge in [-0.25, -0.2) is 14.4 Å². The summed E-state index contributed by atoms with van der Waals surface area (Å²) in [5.41, 5.74) is 2.95. The highest BCUT2D eigenvalue weighted by atomic mass is 35.5. The van der Waals surface area contributed by atoms with Crippen molar-refractivity contribution in [3.05, 3.63) is 64.8 Å². The Morgan fingerprint density at radius 3 is 2.92 bits per heavy atom. The van der Waals surface area contributed by atoms with Gasteiger partial charge in [0.2, 0.25) is 0 Å². The lowest BCUT2D eigenvalue weighted by Gasteiger charge is -2.11. The molecule has 0 saturated heterocycles. The van der Waals surface area contributed by atoms with Crippen LogP contribution in [0.4, 0.5) is 4.39 Å². The van der Waals surface area contributed by atoms with Crippen LogP contribution >= 0.6 is 11.6 Å². The number of hydrogen-bond acceptors (Lipinski definition) is 2. The maximum Gasteiger partial charge on any atom is 0.191 e. The molecule has 7 heteroatoms. The van der Waals surface area contributed by atoms with Gasteiger partial charge in [0.1, 0.15) is 11.0 Å². The Balaban J connectivity index is 1.59. The molecule has 3 N–H and O–H groups in total. The van der Waals surface area contributed by atoms with Crippen LogP contribution < -0.4 is 10.6 Å². The number of halogens is 2. The summed E-state index contributed by atoms with van der Waals surface area (Å²) in [6.45, 7) is 4.03. The zero-order valence-electron chi connectivity index (χ0n) is 14.5. The maximum atomic E-state index is 13.3. The first-order valence-corrected chi connectivity index (χ1v) is 8.91. The molecule has 2 heterocycles. The molecule has 136 valence electrons. The highest BCUT2D eigenvalue weighted by molar-refractivity contribution is 6.29. The number of H-pyrrole nitrogens is 1. The third-order valence-corrected chi connectivity index (χ3v) is 4.19. The fraction of sp³-hybridized carbons (Fsp3) is 0.263. The van der Waals surface area contributed by atoms with E-state index >= 15 is 0 Å². The Morgan fingerprint density at radius 2 is 2.15 bits per heavy atom. The predicted octanol–water partition coefficient (Wildman–Crippen LogP) is 3.65. The van der Waals surface area contributed by atoms with Crippen LogP contribution in [0.1, 0.15) is 18.1 Å². The van der Waals surface area contributed by atoms with Crippen molar-refractivity contribution < 1.29 is 4.39 Å². The van der Waals surface area contributed by atoms with Gasteiger partial charge in [0.05, 0.1) is 6.54 Å². The minimum absolute atomic E-state index is 0.234. The summed E-state index contributed by atoms with van der Waals surface area (Å²) in [6.07, 6.45) is 4.45. The second kappa shape index (κ2) is 8.67. The number of rotatable bonds is 6. The number of nitrogens with zero attached hydrogens (tertiary/aromatic N) is 2. The minimum Gasteiger partial charge on any atom is -0.361 e. The molecule has 26 heavy (non-hydrogen) atoms. The van der Waals surface area contributed by atoms with E-state index in [-0.39, 0.29) is 5.82 Å². The molecular weight excluding hydrogens is 353 g/mol. The SMILES string of the molecule is CCNC(=NCc1ccc(Cl)nc1)NCCc1c[nH]c2cc(F)ccc12. The first-order chi connectivity index (χ1) is 12.7. The number of pyridine rings is 1. The second-order valence-corrected chi connectivity index (χ2v) is 6.25. The number of aromatic nitrogens is 2. The zero-order valence-corrected chi connectivity index (χ0v) is 15.3. The van der Waals surface area contributed by atoms with E-state index in [1.165, 1.54) is 12.1 Å². The standard InChI is InChI=1S/C19H21ClFN5/c1-2-22-19(26-11-13-3-6-18(20)25-10-13)23-8-7-14-12-24-17-9-15(21)4-5-16(14)17/h3-6,9-10,12,24H,2,7-8,11H2,1H3,(H2,22,23,26). The molecule has 0 fully saturated rings. The van der Waals surface area contributed by atoms with Crippen LogP contribution in [-0.2, 0) is 13.0 Å². The van der Waals surface area contributed by atoms with E-state index in [4.69, 9.17) is 11.6 Å². The summed E-state index contributed by atoms with van der Waals surface area (Å²) in [5, 5.41) is 8.06. The van der Waals surface area contributed by atoms with Gasteiger partial charge in [0, 0.05) is 36.4 Å². The fourth-order valence-electron chi connectivity index (χ4n) is 2.69. The van der Waals surface area contributed by atoms with Crippen LogP contribution in [0.25, 0.3) is 10.9 Å². The third kappa shape index (κ3) is 4.73. The number of aliphatic imine (C=N–C) groups is 1. The molecule has 0 aliphatic heterocycles. The van der Waals surface area contributed by atoms with Gasteiger partial charge in [-0.3, -0.25) is 0 Å². The number of aromatic amines is 1. The number of hydrogen-bond donors (Lipinski definition) is 3. The smallest absolute Gasteiger partial charge is 0.191 e. The molecule has 2 aromatic heterocycles. The van der Waals surface area contributed by atoms with Gasteiger partial charge in [-0.2, -0.15) is 0 Å². The van der Waals surface area contributed by atoms with Crippen molar-refractivity contribution in [1.29, 1.82) is 0 Å². The topological polar surface area (TPSA) is 65.1 Å². The molecule has 0 aliphatic carbocycles. The van der Waals surface area contributed by atoms with Crippen molar-refractivity contribution >= 4 is 28.5 Å². The molecule has 0 amide bonds. The monoisotopic (exact) mass is 373 g/mol. The van der Waals surface area contributed by atoms with Gasteiger partial charge in [0.25, 0.3) is 0 Å². The first-order valence-electron chi connectivity index (χ1n) is 8.54. The van der Waals surface area contributed by atoms with Crippen LogP contribution in [0.5, 0.6) is 0 Å². The Bertz CT molecular complexity index is 889. The summed E-state index contributed by atoms with van der Waals surface area (Å²) in [7, 11) is 0. The van der Waals surface area contributed by atoms with Crippen molar-refractivity contribution in [3.63, 3.8) is 0 Å². The summed E-state index contributed by atoms with van der Waals surface area (Å²) >= 11 is 5.80. The molecule has 0 radical (unpaired) electrons. The minimum atomic E-state index is -0.234. The zero-order chi connectivity index (χ0) is 18.4. The van der Waals surface area contributed by atoms with Gasteiger partial charge in [-0.15, -0.1) is 0 Å². The van der Waals surface area contributed by atoms with E-state index in [1.54, 1.807) is 12.3 Å². The molecule has 5 nitrogen and oxygen atoms in total. The highest BCUT2D eigenvalue weighted by Crippen LogP contribution is 2.19. The molecule has 1 aromatic carbocycles. The third-order valence-electron chi connectivity index (χ3n) is 3.97. The van der Waals surface area contributed by atoms with Gasteiger partial charge < -0.3 is 15.6 Å². The first kappa shape index (κ1) is 18.2. The van der Waals surface area contributed by atoms with Crippen molar-refractivity contribution in [3.8, 4) is 0 Å². The summed E-state index contributed by atoms with van der Waals surface area (Å²) in [6, 6.07) is 8.47. The van der Waals surface area contributed by atoms with Crippen LogP contribution in [0, 0.1) is 5.82 Å². The lowest BCUT2D eigenvalue weighted by molar-refractivity contribution is 0.629. The Kier molecular flexibility index (Phi) is 6.07. The lowest BCUT2D eigenvalue weighted by atomic mass is 10.1. The van der Waals surface area contributed by atoms with E-state index in [0.29, 0.717) is 11.7 Å². The van der Waals surface area contributed by atoms with Crippen molar-refractivity contribution in [2.24, 2.45) is 4.99 Å². The Morgan fingerprint density at radius 1 is 1.27 bits per heavy atom. The average molecular weight is 374 g/mol. The van der Waals surface area contributed by atoms with Crippen LogP contribution in [0.2, 0.25) is 5.15 Å². The largest absolute Gasteiger partial charge is 0.361 e. The Hall–Kier alpha value is -2.60. The predicted molar refractivity (Wildman–Crippen MR) is 104 cm³/mol. The Labute approximate surface area is 156 Å². The van der Waals surface area contributed by atoms with E-state index in [9.17, 15) is 4.39 Å². The van der Waals surface area contributed by atoms with Gasteiger partial charge in [0.15, 0.2) is 5.96 Å². The molecule has 0 saturated carbocycles. The number of nitrogens with one attached hydrogen (secondary N) is 3. The number of benzene rings is 1. The van der Waals surface area contributed by atoms with E-state index in [1.807, 2.05) is 25.3 Å². The van der Waals surface area contributed by atoms with Crippen LogP contribution in [-0.4, -0.2) is 29.0 Å². The molecule has 0 aliphatic rings. The van der Waals surface area contributed by atoms with Gasteiger partial charge in [-0.05, 0) is 48.7 Å². The van der Waals surface area contributed by atoms with Crippen molar-refractivity contribution in [2.75, 3.05) is 13.1 Å². The molecule has 0 atom stereocenters.